The van der Waals surface area contributed by atoms with E-state index >= 15 is 0 Å². The molecule has 0 saturated carbocycles. The maximum atomic E-state index is 12.0. The van der Waals surface area contributed by atoms with Gasteiger partial charge in [-0.15, -0.1) is 11.3 Å². The van der Waals surface area contributed by atoms with Crippen LogP contribution in [-0.4, -0.2) is 22.1 Å². The highest BCUT2D eigenvalue weighted by atomic mass is 32.1. The van der Waals surface area contributed by atoms with Crippen LogP contribution in [0.3, 0.4) is 0 Å². The van der Waals surface area contributed by atoms with Crippen molar-refractivity contribution >= 4 is 28.1 Å². The Morgan fingerprint density at radius 2 is 2.18 bits per heavy atom. The number of nitrogens with one attached hydrogen (secondary N) is 1. The number of hydrogen-bond donors (Lipinski definition) is 2. The van der Waals surface area contributed by atoms with Crippen molar-refractivity contribution in [2.75, 3.05) is 6.54 Å². The van der Waals surface area contributed by atoms with Gasteiger partial charge in [0.15, 0.2) is 0 Å². The van der Waals surface area contributed by atoms with E-state index in [1.54, 1.807) is 0 Å². The van der Waals surface area contributed by atoms with Gasteiger partial charge in [-0.3, -0.25) is 4.79 Å². The van der Waals surface area contributed by atoms with Crippen molar-refractivity contribution in [3.8, 4) is 0 Å². The van der Waals surface area contributed by atoms with Crippen molar-refractivity contribution < 1.29 is 9.90 Å². The van der Waals surface area contributed by atoms with Crippen molar-refractivity contribution in [2.24, 2.45) is 7.05 Å². The van der Waals surface area contributed by atoms with E-state index in [0.29, 0.717) is 4.88 Å². The first kappa shape index (κ1) is 14.8. The van der Waals surface area contributed by atoms with E-state index in [2.05, 4.69) is 5.32 Å². The van der Waals surface area contributed by atoms with Crippen LogP contribution in [0.15, 0.2) is 41.9 Å². The van der Waals surface area contributed by atoms with Crippen molar-refractivity contribution in [1.29, 1.82) is 0 Å². The van der Waals surface area contributed by atoms with E-state index < -0.39 is 6.10 Å². The van der Waals surface area contributed by atoms with Gasteiger partial charge in [-0.05, 0) is 53.1 Å². The molecule has 0 radical (unpaired) electrons. The van der Waals surface area contributed by atoms with Crippen molar-refractivity contribution in [2.45, 2.75) is 13.0 Å². The molecule has 3 aromatic rings. The second kappa shape index (κ2) is 5.94. The minimum absolute atomic E-state index is 0.141. The quantitative estimate of drug-likeness (QED) is 0.778. The van der Waals surface area contributed by atoms with Crippen LogP contribution in [0.2, 0.25) is 0 Å². The van der Waals surface area contributed by atoms with Gasteiger partial charge < -0.3 is 15.0 Å². The number of carbonyl (C=O) groups excluding carboxylic acids is 1. The Kier molecular flexibility index (Phi) is 4.00. The smallest absolute Gasteiger partial charge is 0.261 e. The van der Waals surface area contributed by atoms with Gasteiger partial charge >= 0.3 is 0 Å². The van der Waals surface area contributed by atoms with E-state index in [1.165, 1.54) is 11.3 Å². The Morgan fingerprint density at radius 3 is 2.91 bits per heavy atom. The van der Waals surface area contributed by atoms with Crippen LogP contribution in [0.25, 0.3) is 10.9 Å². The summed E-state index contributed by atoms with van der Waals surface area (Å²) in [6.45, 7) is 2.16. The maximum absolute atomic E-state index is 12.0. The molecule has 2 N–H and O–H groups in total. The Morgan fingerprint density at radius 1 is 1.36 bits per heavy atom. The predicted molar refractivity (Wildman–Crippen MR) is 89.3 cm³/mol. The molecule has 1 aromatic carbocycles. The second-order valence-corrected chi connectivity index (χ2v) is 6.37. The fourth-order valence-corrected chi connectivity index (χ4v) is 3.27. The van der Waals surface area contributed by atoms with Crippen molar-refractivity contribution in [3.63, 3.8) is 0 Å². The maximum Gasteiger partial charge on any atom is 0.261 e. The predicted octanol–water partition coefficient (Wildman–Crippen LogP) is 3.01. The van der Waals surface area contributed by atoms with Gasteiger partial charge in [0.25, 0.3) is 5.91 Å². The summed E-state index contributed by atoms with van der Waals surface area (Å²) >= 11 is 1.41. The Balaban J connectivity index is 1.67. The SMILES string of the molecule is Cc1csc(C(=O)NC[C@@H](O)c2ccc3c(ccn3C)c2)c1. The van der Waals surface area contributed by atoms with E-state index in [0.717, 1.165) is 22.0 Å². The van der Waals surface area contributed by atoms with Crippen LogP contribution in [0.5, 0.6) is 0 Å². The van der Waals surface area contributed by atoms with Crippen LogP contribution in [0.4, 0.5) is 0 Å². The molecule has 0 spiro atoms. The minimum atomic E-state index is -0.713. The molecule has 4 nitrogen and oxygen atoms in total. The highest BCUT2D eigenvalue weighted by molar-refractivity contribution is 7.12. The molecule has 1 amide bonds. The number of aromatic nitrogens is 1. The molecule has 2 heterocycles. The third kappa shape index (κ3) is 2.91. The largest absolute Gasteiger partial charge is 0.387 e. The van der Waals surface area contributed by atoms with Crippen LogP contribution in [0.1, 0.15) is 26.9 Å². The average Bonchev–Trinajstić information content (AvgIpc) is 3.11. The van der Waals surface area contributed by atoms with Gasteiger partial charge in [-0.2, -0.15) is 0 Å². The minimum Gasteiger partial charge on any atom is -0.387 e. The number of fused-ring (bicyclic) bond motifs is 1. The summed E-state index contributed by atoms with van der Waals surface area (Å²) in [5.41, 5.74) is 3.00. The number of aliphatic hydroxyl groups excluding tert-OH is 1. The molecule has 0 aliphatic heterocycles. The Bertz CT molecular complexity index is 819. The van der Waals surface area contributed by atoms with Gasteiger partial charge in [-0.1, -0.05) is 6.07 Å². The summed E-state index contributed by atoms with van der Waals surface area (Å²) in [6, 6.07) is 9.70. The number of aliphatic hydroxyl groups is 1. The van der Waals surface area contributed by atoms with Gasteiger partial charge in [0, 0.05) is 25.3 Å². The zero-order valence-corrected chi connectivity index (χ0v) is 13.4. The summed E-state index contributed by atoms with van der Waals surface area (Å²) in [4.78, 5) is 12.7. The zero-order valence-electron chi connectivity index (χ0n) is 12.5. The lowest BCUT2D eigenvalue weighted by Crippen LogP contribution is -2.27. The molecule has 114 valence electrons. The number of nitrogens with zero attached hydrogens (tertiary/aromatic N) is 1. The number of hydrogen-bond acceptors (Lipinski definition) is 3. The Hall–Kier alpha value is -2.11. The van der Waals surface area contributed by atoms with Crippen LogP contribution < -0.4 is 5.32 Å². The topological polar surface area (TPSA) is 54.3 Å². The standard InChI is InChI=1S/C17H18N2O2S/c1-11-7-16(22-10-11)17(21)18-9-15(20)13-3-4-14-12(8-13)5-6-19(14)2/h3-8,10,15,20H,9H2,1-2H3,(H,18,21)/t15-/m1/s1. The van der Waals surface area contributed by atoms with Crippen LogP contribution >= 0.6 is 11.3 Å². The molecule has 2 aromatic heterocycles. The van der Waals surface area contributed by atoms with Gasteiger partial charge in [0.05, 0.1) is 11.0 Å². The first-order valence-electron chi connectivity index (χ1n) is 7.11. The average molecular weight is 314 g/mol. The van der Waals surface area contributed by atoms with Crippen LogP contribution in [0, 0.1) is 6.92 Å². The molecule has 0 aliphatic rings. The molecule has 0 saturated heterocycles. The molecule has 22 heavy (non-hydrogen) atoms. The number of aryl methyl sites for hydroxylation is 2. The number of amides is 1. The molecule has 5 heteroatoms. The van der Waals surface area contributed by atoms with Gasteiger partial charge in [0.2, 0.25) is 0 Å². The lowest BCUT2D eigenvalue weighted by Gasteiger charge is -2.12. The lowest BCUT2D eigenvalue weighted by atomic mass is 10.1. The molecular weight excluding hydrogens is 296 g/mol. The van der Waals surface area contributed by atoms with E-state index in [1.807, 2.05) is 60.4 Å². The molecule has 0 bridgehead atoms. The van der Waals surface area contributed by atoms with E-state index in [4.69, 9.17) is 0 Å². The Labute approximate surface area is 133 Å². The summed E-state index contributed by atoms with van der Waals surface area (Å²) < 4.78 is 2.03. The molecule has 3 rings (SSSR count). The summed E-state index contributed by atoms with van der Waals surface area (Å²) in [7, 11) is 1.99. The summed E-state index contributed by atoms with van der Waals surface area (Å²) in [6.07, 6.45) is 1.27. The number of carbonyl (C=O) groups is 1. The number of thiophene rings is 1. The summed E-state index contributed by atoms with van der Waals surface area (Å²) in [5.74, 6) is -0.141. The molecule has 0 unspecified atom stereocenters. The third-order valence-electron chi connectivity index (χ3n) is 3.70. The molecule has 1 atom stereocenters. The van der Waals surface area contributed by atoms with Crippen molar-refractivity contribution in [3.05, 3.63) is 57.9 Å². The number of rotatable bonds is 4. The first-order chi connectivity index (χ1) is 10.5. The lowest BCUT2D eigenvalue weighted by molar-refractivity contribution is 0.0920. The zero-order chi connectivity index (χ0) is 15.7. The first-order valence-corrected chi connectivity index (χ1v) is 7.99. The van der Waals surface area contributed by atoms with E-state index in [9.17, 15) is 9.90 Å². The normalized spacial score (nSPS) is 12.5. The van der Waals surface area contributed by atoms with E-state index in [-0.39, 0.29) is 12.5 Å². The highest BCUT2D eigenvalue weighted by Gasteiger charge is 2.13. The molecule has 0 fully saturated rings. The highest BCUT2D eigenvalue weighted by Crippen LogP contribution is 2.21. The number of benzene rings is 1. The molecule has 0 aliphatic carbocycles. The molecular formula is C17H18N2O2S. The fraction of sp³-hybridized carbons (Fsp3) is 0.235. The fourth-order valence-electron chi connectivity index (χ4n) is 2.45. The van der Waals surface area contributed by atoms with Gasteiger partial charge in [0.1, 0.15) is 0 Å². The van der Waals surface area contributed by atoms with Crippen molar-refractivity contribution in [1.82, 2.24) is 9.88 Å². The third-order valence-corrected chi connectivity index (χ3v) is 4.75. The summed E-state index contributed by atoms with van der Waals surface area (Å²) in [5, 5.41) is 16.1. The van der Waals surface area contributed by atoms with Crippen LogP contribution in [-0.2, 0) is 7.05 Å². The van der Waals surface area contributed by atoms with Gasteiger partial charge in [-0.25, -0.2) is 0 Å². The monoisotopic (exact) mass is 314 g/mol. The second-order valence-electron chi connectivity index (χ2n) is 5.46.